The average molecular weight is 447 g/mol. The first-order valence-corrected chi connectivity index (χ1v) is 10.2. The van der Waals surface area contributed by atoms with Crippen LogP contribution in [0.3, 0.4) is 0 Å². The molecule has 7 nitrogen and oxygen atoms in total. The Bertz CT molecular complexity index is 752. The van der Waals surface area contributed by atoms with Crippen LogP contribution in [0.15, 0.2) is 16.9 Å². The summed E-state index contributed by atoms with van der Waals surface area (Å²) < 4.78 is 7.24. The van der Waals surface area contributed by atoms with E-state index in [0.717, 1.165) is 64.6 Å². The number of hydrogen-bond acceptors (Lipinski definition) is 5. The first-order chi connectivity index (χ1) is 13.2. The lowest BCUT2D eigenvalue weighted by atomic mass is 9.84. The number of aromatic nitrogens is 1. The van der Waals surface area contributed by atoms with Crippen LogP contribution < -0.4 is 10.9 Å². The third-order valence-corrected chi connectivity index (χ3v) is 6.20. The van der Waals surface area contributed by atoms with Crippen molar-refractivity contribution < 1.29 is 9.53 Å². The zero-order valence-corrected chi connectivity index (χ0v) is 18.6. The van der Waals surface area contributed by atoms with E-state index in [0.29, 0.717) is 30.5 Å². The van der Waals surface area contributed by atoms with Crippen LogP contribution in [0.1, 0.15) is 35.3 Å². The molecule has 164 valence electrons. The molecule has 4 rings (SSSR count). The second-order valence-electron chi connectivity index (χ2n) is 7.88. The monoisotopic (exact) mass is 446 g/mol. The van der Waals surface area contributed by atoms with E-state index in [2.05, 4.69) is 10.2 Å². The van der Waals surface area contributed by atoms with E-state index >= 15 is 0 Å². The Morgan fingerprint density at radius 2 is 2.00 bits per heavy atom. The predicted molar refractivity (Wildman–Crippen MR) is 118 cm³/mol. The van der Waals surface area contributed by atoms with Crippen LogP contribution in [-0.4, -0.2) is 79.3 Å². The minimum atomic E-state index is -0.139. The molecule has 0 unspecified atom stereocenters. The Kier molecular flexibility index (Phi) is 8.97. The number of amides is 1. The number of pyridine rings is 1. The SMILES string of the molecule is CCN(CCN1CCOCC1)C(=O)c1ccc2n(c1=O)C[C@@H]1CNC[C@H]2C1.Cl.Cl. The van der Waals surface area contributed by atoms with Crippen molar-refractivity contribution in [3.8, 4) is 0 Å². The second-order valence-corrected chi connectivity index (χ2v) is 7.88. The quantitative estimate of drug-likeness (QED) is 0.735. The largest absolute Gasteiger partial charge is 0.379 e. The molecule has 2 atom stereocenters. The van der Waals surface area contributed by atoms with Crippen LogP contribution in [-0.2, 0) is 11.3 Å². The molecular weight excluding hydrogens is 415 g/mol. The van der Waals surface area contributed by atoms with Gasteiger partial charge in [0.1, 0.15) is 5.56 Å². The molecule has 0 radical (unpaired) electrons. The third-order valence-electron chi connectivity index (χ3n) is 6.20. The van der Waals surface area contributed by atoms with E-state index in [1.165, 1.54) is 0 Å². The molecule has 2 bridgehead atoms. The number of halogens is 2. The molecule has 0 aromatic carbocycles. The van der Waals surface area contributed by atoms with Crippen molar-refractivity contribution in [2.45, 2.75) is 25.8 Å². The standard InChI is InChI=1S/C20H30N4O3.2ClH/c1-2-23(6-5-22-7-9-27-10-8-22)19(25)17-3-4-18-16-11-15(12-21-13-16)14-24(18)20(17)26;;/h3-4,15-16,21H,2,5-14H2,1H3;2*1H/t15-,16+;;/m0../s1. The van der Waals surface area contributed by atoms with Crippen molar-refractivity contribution >= 4 is 30.7 Å². The zero-order valence-electron chi connectivity index (χ0n) is 17.0. The van der Waals surface area contributed by atoms with E-state index in [-0.39, 0.29) is 36.3 Å². The van der Waals surface area contributed by atoms with Gasteiger partial charge >= 0.3 is 0 Å². The van der Waals surface area contributed by atoms with Gasteiger partial charge in [0.25, 0.3) is 11.5 Å². The molecule has 3 aliphatic heterocycles. The Morgan fingerprint density at radius 3 is 2.72 bits per heavy atom. The van der Waals surface area contributed by atoms with Gasteiger partial charge in [0, 0.05) is 57.4 Å². The summed E-state index contributed by atoms with van der Waals surface area (Å²) in [6, 6.07) is 3.75. The third kappa shape index (κ3) is 5.14. The van der Waals surface area contributed by atoms with Crippen LogP contribution >= 0.6 is 24.8 Å². The molecule has 1 aromatic rings. The molecule has 29 heavy (non-hydrogen) atoms. The lowest BCUT2D eigenvalue weighted by Gasteiger charge is -2.37. The van der Waals surface area contributed by atoms with Crippen molar-refractivity contribution in [2.24, 2.45) is 5.92 Å². The molecule has 2 fully saturated rings. The number of nitrogens with one attached hydrogen (secondary N) is 1. The molecule has 1 amide bonds. The molecule has 9 heteroatoms. The highest BCUT2D eigenvalue weighted by Crippen LogP contribution is 2.31. The first kappa shape index (κ1) is 24.2. The van der Waals surface area contributed by atoms with E-state index in [1.54, 1.807) is 11.0 Å². The summed E-state index contributed by atoms with van der Waals surface area (Å²) in [5.41, 5.74) is 1.28. The van der Waals surface area contributed by atoms with Crippen LogP contribution in [0.25, 0.3) is 0 Å². The zero-order chi connectivity index (χ0) is 18.8. The Hall–Kier alpha value is -1.12. The molecule has 0 aliphatic carbocycles. The van der Waals surface area contributed by atoms with Crippen LogP contribution in [0.2, 0.25) is 0 Å². The van der Waals surface area contributed by atoms with Gasteiger partial charge in [-0.05, 0) is 37.9 Å². The van der Waals surface area contributed by atoms with Gasteiger partial charge in [0.15, 0.2) is 0 Å². The number of rotatable bonds is 5. The molecule has 1 N–H and O–H groups in total. The lowest BCUT2D eigenvalue weighted by Crippen LogP contribution is -2.47. The highest BCUT2D eigenvalue weighted by atomic mass is 35.5. The number of ether oxygens (including phenoxy) is 1. The summed E-state index contributed by atoms with van der Waals surface area (Å²) in [4.78, 5) is 30.2. The number of piperidine rings is 1. The molecule has 0 spiro atoms. The Balaban J connectivity index is 0.00000150. The van der Waals surface area contributed by atoms with Gasteiger partial charge in [0.05, 0.1) is 13.2 Å². The number of nitrogens with zero attached hydrogens (tertiary/aromatic N) is 3. The van der Waals surface area contributed by atoms with Gasteiger partial charge in [0.2, 0.25) is 0 Å². The summed E-state index contributed by atoms with van der Waals surface area (Å²) >= 11 is 0. The van der Waals surface area contributed by atoms with Gasteiger partial charge < -0.3 is 19.5 Å². The minimum Gasteiger partial charge on any atom is -0.379 e. The number of morpholine rings is 1. The van der Waals surface area contributed by atoms with Crippen molar-refractivity contribution in [3.63, 3.8) is 0 Å². The molecule has 3 aliphatic rings. The molecule has 0 saturated carbocycles. The maximum Gasteiger partial charge on any atom is 0.263 e. The summed E-state index contributed by atoms with van der Waals surface area (Å²) in [5.74, 6) is 0.737. The summed E-state index contributed by atoms with van der Waals surface area (Å²) in [5, 5.41) is 3.46. The molecular formula is C20H32Cl2N4O3. The Morgan fingerprint density at radius 1 is 1.24 bits per heavy atom. The van der Waals surface area contributed by atoms with Crippen molar-refractivity contribution in [1.29, 1.82) is 0 Å². The van der Waals surface area contributed by atoms with Crippen molar-refractivity contribution in [3.05, 3.63) is 33.7 Å². The first-order valence-electron chi connectivity index (χ1n) is 10.2. The van der Waals surface area contributed by atoms with Crippen LogP contribution in [0.4, 0.5) is 0 Å². The lowest BCUT2D eigenvalue weighted by molar-refractivity contribution is 0.0327. The second kappa shape index (κ2) is 10.8. The van der Waals surface area contributed by atoms with Crippen LogP contribution in [0.5, 0.6) is 0 Å². The maximum absolute atomic E-state index is 13.1. The van der Waals surface area contributed by atoms with E-state index in [4.69, 9.17) is 4.74 Å². The average Bonchev–Trinajstić information content (AvgIpc) is 2.70. The summed E-state index contributed by atoms with van der Waals surface area (Å²) in [7, 11) is 0. The highest BCUT2D eigenvalue weighted by Gasteiger charge is 2.32. The fourth-order valence-corrected chi connectivity index (χ4v) is 4.61. The van der Waals surface area contributed by atoms with Gasteiger partial charge in [-0.15, -0.1) is 24.8 Å². The van der Waals surface area contributed by atoms with Gasteiger partial charge in [-0.1, -0.05) is 0 Å². The van der Waals surface area contributed by atoms with Gasteiger partial charge in [-0.25, -0.2) is 0 Å². The topological polar surface area (TPSA) is 66.8 Å². The smallest absolute Gasteiger partial charge is 0.263 e. The minimum absolute atomic E-state index is 0. The van der Waals surface area contributed by atoms with Crippen molar-refractivity contribution in [1.82, 2.24) is 19.7 Å². The number of likely N-dealkylation sites (N-methyl/N-ethyl adjacent to an activating group) is 1. The van der Waals surface area contributed by atoms with Gasteiger partial charge in [-0.3, -0.25) is 14.5 Å². The normalized spacial score (nSPS) is 23.3. The maximum atomic E-state index is 13.1. The highest BCUT2D eigenvalue weighted by molar-refractivity contribution is 5.93. The van der Waals surface area contributed by atoms with Crippen molar-refractivity contribution in [2.75, 3.05) is 59.0 Å². The molecule has 4 heterocycles. The number of hydrogen-bond donors (Lipinski definition) is 1. The predicted octanol–water partition coefficient (Wildman–Crippen LogP) is 1.19. The van der Waals surface area contributed by atoms with E-state index in [1.807, 2.05) is 17.6 Å². The van der Waals surface area contributed by atoms with Gasteiger partial charge in [-0.2, -0.15) is 0 Å². The number of carbonyl (C=O) groups excluding carboxylic acids is 1. The molecule has 2 saturated heterocycles. The summed E-state index contributed by atoms with van der Waals surface area (Å²) in [6.45, 7) is 9.98. The Labute approximate surface area is 184 Å². The fraction of sp³-hybridized carbons (Fsp3) is 0.700. The van der Waals surface area contributed by atoms with Crippen LogP contribution in [0, 0.1) is 5.92 Å². The molecule has 1 aromatic heterocycles. The number of fused-ring (bicyclic) bond motifs is 4. The summed E-state index contributed by atoms with van der Waals surface area (Å²) in [6.07, 6.45) is 1.14. The number of carbonyl (C=O) groups is 1. The van der Waals surface area contributed by atoms with E-state index in [9.17, 15) is 9.59 Å². The van der Waals surface area contributed by atoms with E-state index < -0.39 is 0 Å². The fourth-order valence-electron chi connectivity index (χ4n) is 4.61.